The first-order valence-electron chi connectivity index (χ1n) is 10.3. The van der Waals surface area contributed by atoms with Crippen LogP contribution >= 0.6 is 0 Å². The lowest BCUT2D eigenvalue weighted by molar-refractivity contribution is -0.137. The molecule has 35 heavy (non-hydrogen) atoms. The molecule has 12 heteroatoms. The quantitative estimate of drug-likeness (QED) is 0.482. The van der Waals surface area contributed by atoms with E-state index in [-0.39, 0.29) is 18.8 Å². The van der Waals surface area contributed by atoms with E-state index in [0.717, 1.165) is 22.3 Å². The number of alkyl halides is 3. The smallest absolute Gasteiger partial charge is 0.366 e. The van der Waals surface area contributed by atoms with Gasteiger partial charge in [0.15, 0.2) is 0 Å². The van der Waals surface area contributed by atoms with E-state index in [2.05, 4.69) is 15.3 Å². The van der Waals surface area contributed by atoms with Crippen LogP contribution in [0.15, 0.2) is 48.7 Å². The molecular formula is C23H24F3N5O3S. The molecule has 3 rings (SSSR count). The van der Waals surface area contributed by atoms with Gasteiger partial charge in [0, 0.05) is 31.8 Å². The Hall–Kier alpha value is -3.67. The number of amides is 1. The lowest BCUT2D eigenvalue weighted by Crippen LogP contribution is -2.25. The van der Waals surface area contributed by atoms with Gasteiger partial charge in [-0.3, -0.25) is 9.10 Å². The Kier molecular flexibility index (Phi) is 7.34. The number of rotatable bonds is 8. The van der Waals surface area contributed by atoms with E-state index in [1.165, 1.54) is 19.2 Å². The highest BCUT2D eigenvalue weighted by Crippen LogP contribution is 2.34. The van der Waals surface area contributed by atoms with Crippen LogP contribution in [-0.2, 0) is 29.2 Å². The molecule has 1 amide bonds. The van der Waals surface area contributed by atoms with Crippen LogP contribution in [0.5, 0.6) is 0 Å². The minimum atomic E-state index is -4.68. The summed E-state index contributed by atoms with van der Waals surface area (Å²) >= 11 is 0. The van der Waals surface area contributed by atoms with Gasteiger partial charge in [0.05, 0.1) is 11.9 Å². The van der Waals surface area contributed by atoms with E-state index in [1.54, 1.807) is 37.3 Å². The van der Waals surface area contributed by atoms with Crippen LogP contribution in [0.1, 0.15) is 38.4 Å². The lowest BCUT2D eigenvalue weighted by Gasteiger charge is -2.19. The van der Waals surface area contributed by atoms with Gasteiger partial charge in [-0.15, -0.1) is 0 Å². The summed E-state index contributed by atoms with van der Waals surface area (Å²) in [5, 5.41) is 2.73. The molecule has 0 saturated heterocycles. The summed E-state index contributed by atoms with van der Waals surface area (Å²) in [5.41, 5.74) is 6.95. The third-order valence-electron chi connectivity index (χ3n) is 5.38. The molecule has 8 nitrogen and oxygen atoms in total. The van der Waals surface area contributed by atoms with E-state index in [1.807, 2.05) is 0 Å². The maximum Gasteiger partial charge on any atom is 0.421 e. The topological polar surface area (TPSA) is 118 Å². The molecule has 0 fully saturated rings. The predicted molar refractivity (Wildman–Crippen MR) is 127 cm³/mol. The highest BCUT2D eigenvalue weighted by atomic mass is 32.2. The van der Waals surface area contributed by atoms with Gasteiger partial charge in [0.1, 0.15) is 17.2 Å². The normalized spacial score (nSPS) is 11.8. The zero-order valence-electron chi connectivity index (χ0n) is 19.2. The largest absolute Gasteiger partial charge is 0.421 e. The highest BCUT2D eigenvalue weighted by molar-refractivity contribution is 7.92. The molecule has 0 bridgehead atoms. The maximum absolute atomic E-state index is 13.6. The van der Waals surface area contributed by atoms with Crippen LogP contribution in [0, 0.1) is 6.92 Å². The Morgan fingerprint density at radius 3 is 2.37 bits per heavy atom. The van der Waals surface area contributed by atoms with Gasteiger partial charge >= 0.3 is 6.18 Å². The molecule has 0 aliphatic carbocycles. The number of aryl methyl sites for hydroxylation is 1. The third-order valence-corrected chi connectivity index (χ3v) is 6.59. The molecular weight excluding hydrogens is 483 g/mol. The van der Waals surface area contributed by atoms with Gasteiger partial charge < -0.3 is 11.1 Å². The molecule has 2 aromatic carbocycles. The fraction of sp³-hybridized carbons (Fsp3) is 0.261. The Morgan fingerprint density at radius 1 is 1.14 bits per heavy atom. The minimum absolute atomic E-state index is 0.0237. The molecule has 3 aromatic rings. The first-order chi connectivity index (χ1) is 16.3. The second-order valence-corrected chi connectivity index (χ2v) is 9.99. The van der Waals surface area contributed by atoms with Crippen molar-refractivity contribution in [3.8, 4) is 0 Å². The van der Waals surface area contributed by atoms with Gasteiger partial charge in [-0.05, 0) is 47.9 Å². The molecule has 0 atom stereocenters. The van der Waals surface area contributed by atoms with Crippen molar-refractivity contribution < 1.29 is 26.4 Å². The lowest BCUT2D eigenvalue weighted by atomic mass is 10.1. The van der Waals surface area contributed by atoms with Crippen molar-refractivity contribution in [3.05, 3.63) is 82.3 Å². The number of carbonyl (C=O) groups is 1. The number of hydrogen-bond donors (Lipinski definition) is 2. The number of hydrogen-bond acceptors (Lipinski definition) is 6. The molecule has 0 saturated carbocycles. The minimum Gasteiger partial charge on any atom is -0.366 e. The van der Waals surface area contributed by atoms with Crippen LogP contribution in [0.25, 0.3) is 0 Å². The standard InChI is InChI=1S/C23H24F3N5O3S/c1-14-4-9-18(31(2)35(3,33)34)11-17(14)12-29-22-19(23(24,25)26)13-28-20(30-22)10-15-5-7-16(8-6-15)21(27)32/h4-9,11,13H,10,12H2,1-3H3,(H2,27,32)(H,28,29,30). The number of anilines is 2. The molecule has 0 aliphatic heterocycles. The van der Waals surface area contributed by atoms with Crippen LogP contribution in [0.4, 0.5) is 24.7 Å². The van der Waals surface area contributed by atoms with Crippen molar-refractivity contribution in [1.82, 2.24) is 9.97 Å². The first-order valence-corrected chi connectivity index (χ1v) is 12.2. The summed E-state index contributed by atoms with van der Waals surface area (Å²) in [4.78, 5) is 19.2. The van der Waals surface area contributed by atoms with Crippen LogP contribution in [-0.4, -0.2) is 37.6 Å². The van der Waals surface area contributed by atoms with E-state index < -0.39 is 33.5 Å². The molecule has 3 N–H and O–H groups in total. The summed E-state index contributed by atoms with van der Waals surface area (Å²) in [7, 11) is -2.11. The molecule has 0 spiro atoms. The molecule has 0 aliphatic rings. The van der Waals surface area contributed by atoms with E-state index >= 15 is 0 Å². The van der Waals surface area contributed by atoms with Crippen LogP contribution in [0.2, 0.25) is 0 Å². The number of nitrogens with one attached hydrogen (secondary N) is 1. The number of nitrogens with two attached hydrogens (primary N) is 1. The fourth-order valence-corrected chi connectivity index (χ4v) is 3.73. The zero-order valence-corrected chi connectivity index (χ0v) is 20.0. The van der Waals surface area contributed by atoms with Crippen molar-refractivity contribution >= 4 is 27.4 Å². The number of carbonyl (C=O) groups excluding carboxylic acids is 1. The van der Waals surface area contributed by atoms with Crippen molar-refractivity contribution in [1.29, 1.82) is 0 Å². The third kappa shape index (κ3) is 6.47. The maximum atomic E-state index is 13.6. The van der Waals surface area contributed by atoms with Crippen molar-refractivity contribution in [3.63, 3.8) is 0 Å². The first kappa shape index (κ1) is 25.9. The number of sulfonamides is 1. The second-order valence-electron chi connectivity index (χ2n) is 7.98. The number of primary amides is 1. The van der Waals surface area contributed by atoms with Gasteiger partial charge in [-0.1, -0.05) is 18.2 Å². The Labute approximate surface area is 201 Å². The van der Waals surface area contributed by atoms with Gasteiger partial charge in [0.2, 0.25) is 15.9 Å². The summed E-state index contributed by atoms with van der Waals surface area (Å²) in [5.74, 6) is -0.831. The Bertz CT molecular complexity index is 1340. The summed E-state index contributed by atoms with van der Waals surface area (Å²) in [6.07, 6.45) is -2.76. The van der Waals surface area contributed by atoms with Crippen LogP contribution in [0.3, 0.4) is 0 Å². The number of benzene rings is 2. The summed E-state index contributed by atoms with van der Waals surface area (Å²) in [6.45, 7) is 1.75. The summed E-state index contributed by atoms with van der Waals surface area (Å²) in [6, 6.07) is 11.2. The van der Waals surface area contributed by atoms with Crippen molar-refractivity contribution in [2.24, 2.45) is 5.73 Å². The predicted octanol–water partition coefficient (Wildman–Crippen LogP) is 3.50. The van der Waals surface area contributed by atoms with Gasteiger partial charge in [-0.25, -0.2) is 18.4 Å². The highest BCUT2D eigenvalue weighted by Gasteiger charge is 2.35. The number of halogens is 3. The van der Waals surface area contributed by atoms with Crippen LogP contribution < -0.4 is 15.4 Å². The van der Waals surface area contributed by atoms with Gasteiger partial charge in [0.25, 0.3) is 0 Å². The molecule has 0 radical (unpaired) electrons. The molecule has 0 unspecified atom stereocenters. The van der Waals surface area contributed by atoms with E-state index in [4.69, 9.17) is 5.73 Å². The van der Waals surface area contributed by atoms with Crippen molar-refractivity contribution in [2.75, 3.05) is 22.9 Å². The zero-order chi connectivity index (χ0) is 26.0. The molecule has 1 heterocycles. The monoisotopic (exact) mass is 507 g/mol. The Morgan fingerprint density at radius 2 is 1.80 bits per heavy atom. The second kappa shape index (κ2) is 9.90. The number of nitrogens with zero attached hydrogens (tertiary/aromatic N) is 3. The molecule has 186 valence electrons. The summed E-state index contributed by atoms with van der Waals surface area (Å²) < 4.78 is 65.6. The molecule has 1 aromatic heterocycles. The fourth-order valence-electron chi connectivity index (χ4n) is 3.23. The van der Waals surface area contributed by atoms with E-state index in [0.29, 0.717) is 22.4 Å². The van der Waals surface area contributed by atoms with Gasteiger partial charge in [-0.2, -0.15) is 13.2 Å². The SMILES string of the molecule is Cc1ccc(N(C)S(C)(=O)=O)cc1CNc1nc(Cc2ccc(C(N)=O)cc2)ncc1C(F)(F)F. The average molecular weight is 508 g/mol. The van der Waals surface area contributed by atoms with Crippen molar-refractivity contribution in [2.45, 2.75) is 26.1 Å². The Balaban J connectivity index is 1.88. The number of aromatic nitrogens is 2. The average Bonchev–Trinajstić information content (AvgIpc) is 2.77. The van der Waals surface area contributed by atoms with E-state index in [9.17, 15) is 26.4 Å².